The number of nitrogens with zero attached hydrogens (tertiary/aromatic N) is 3. The van der Waals surface area contributed by atoms with Gasteiger partial charge in [0.1, 0.15) is 0 Å². The van der Waals surface area contributed by atoms with Gasteiger partial charge in [-0.05, 0) is 30.7 Å². The highest BCUT2D eigenvalue weighted by Gasteiger charge is 2.09. The van der Waals surface area contributed by atoms with Crippen molar-refractivity contribution in [2.75, 3.05) is 20.0 Å². The number of ether oxygens (including phenoxy) is 2. The average Bonchev–Trinajstić information content (AvgIpc) is 2.67. The van der Waals surface area contributed by atoms with Crippen molar-refractivity contribution in [2.24, 2.45) is 5.10 Å². The highest BCUT2D eigenvalue weighted by molar-refractivity contribution is 7.99. The normalized spacial score (nSPS) is 11.1. The van der Waals surface area contributed by atoms with Crippen LogP contribution in [0.5, 0.6) is 11.5 Å². The van der Waals surface area contributed by atoms with Crippen LogP contribution in [0.1, 0.15) is 18.9 Å². The van der Waals surface area contributed by atoms with Crippen LogP contribution in [0.3, 0.4) is 0 Å². The first-order chi connectivity index (χ1) is 12.2. The maximum absolute atomic E-state index is 12.0. The Morgan fingerprint density at radius 3 is 2.56 bits per heavy atom. The molecule has 2 rings (SSSR count). The van der Waals surface area contributed by atoms with Gasteiger partial charge in [-0.1, -0.05) is 18.7 Å². The number of hydrogen-bond acceptors (Lipinski definition) is 7. The van der Waals surface area contributed by atoms with Crippen LogP contribution in [0.15, 0.2) is 46.9 Å². The lowest BCUT2D eigenvalue weighted by Gasteiger charge is -2.10. The van der Waals surface area contributed by atoms with Gasteiger partial charge >= 0.3 is 0 Å². The van der Waals surface area contributed by atoms with Crippen LogP contribution in [-0.4, -0.2) is 41.6 Å². The first kappa shape index (κ1) is 18.7. The number of nitrogens with one attached hydrogen (secondary N) is 1. The van der Waals surface area contributed by atoms with E-state index in [1.807, 2.05) is 25.1 Å². The molecule has 0 bridgehead atoms. The molecular formula is C17H20N4O3S. The molecule has 0 fully saturated rings. The summed E-state index contributed by atoms with van der Waals surface area (Å²) in [5, 5.41) is 4.78. The second-order valence-corrected chi connectivity index (χ2v) is 5.78. The fourth-order valence-corrected chi connectivity index (χ4v) is 2.61. The summed E-state index contributed by atoms with van der Waals surface area (Å²) in [4.78, 5) is 20.1. The highest BCUT2D eigenvalue weighted by atomic mass is 32.2. The molecule has 0 aliphatic rings. The van der Waals surface area contributed by atoms with Gasteiger partial charge in [0, 0.05) is 18.0 Å². The predicted octanol–water partition coefficient (Wildman–Crippen LogP) is 2.52. The summed E-state index contributed by atoms with van der Waals surface area (Å²) in [6.07, 6.45) is 3.93. The van der Waals surface area contributed by atoms with Gasteiger partial charge in [-0.3, -0.25) is 4.79 Å². The minimum Gasteiger partial charge on any atom is -0.493 e. The summed E-state index contributed by atoms with van der Waals surface area (Å²) in [5.74, 6) is 1.23. The molecule has 0 unspecified atom stereocenters. The molecule has 0 atom stereocenters. The molecule has 132 valence electrons. The Hall–Kier alpha value is -2.61. The number of benzene rings is 1. The van der Waals surface area contributed by atoms with Crippen molar-refractivity contribution in [1.82, 2.24) is 15.4 Å². The Bertz CT molecular complexity index is 738. The molecule has 0 aliphatic heterocycles. The number of carbonyl (C=O) groups excluding carboxylic acids is 1. The Labute approximate surface area is 150 Å². The molecule has 0 spiro atoms. The van der Waals surface area contributed by atoms with Crippen molar-refractivity contribution in [3.05, 3.63) is 42.2 Å². The monoisotopic (exact) mass is 360 g/mol. The second-order valence-electron chi connectivity index (χ2n) is 4.84. The minimum atomic E-state index is -0.219. The molecule has 1 aromatic heterocycles. The number of methoxy groups -OCH3 is 2. The van der Waals surface area contributed by atoms with Crippen LogP contribution < -0.4 is 14.9 Å². The number of aromatic nitrogens is 2. The van der Waals surface area contributed by atoms with Gasteiger partial charge < -0.3 is 9.47 Å². The highest BCUT2D eigenvalue weighted by Crippen LogP contribution is 2.28. The van der Waals surface area contributed by atoms with Crippen LogP contribution in [0.25, 0.3) is 0 Å². The summed E-state index contributed by atoms with van der Waals surface area (Å²) in [7, 11) is 3.16. The van der Waals surface area contributed by atoms with Gasteiger partial charge in [0.05, 0.1) is 25.7 Å². The van der Waals surface area contributed by atoms with Crippen molar-refractivity contribution in [1.29, 1.82) is 0 Å². The second kappa shape index (κ2) is 9.63. The number of rotatable bonds is 8. The first-order valence-electron chi connectivity index (χ1n) is 7.65. The van der Waals surface area contributed by atoms with E-state index in [2.05, 4.69) is 20.5 Å². The minimum absolute atomic E-state index is 0.191. The standard InChI is InChI=1S/C17H20N4O3S/c1-4-13(12-6-7-14(23-2)15(10-12)24-3)20-21-16(22)11-25-17-18-8-5-9-19-17/h5-10H,4,11H2,1-3H3,(H,21,22). The quantitative estimate of drug-likeness (QED) is 0.337. The third-order valence-corrected chi connectivity index (χ3v) is 4.12. The van der Waals surface area contributed by atoms with Crippen LogP contribution in [0.4, 0.5) is 0 Å². The fourth-order valence-electron chi connectivity index (χ4n) is 2.02. The van der Waals surface area contributed by atoms with Crippen LogP contribution in [-0.2, 0) is 4.79 Å². The topological polar surface area (TPSA) is 85.7 Å². The molecule has 2 aromatic rings. The van der Waals surface area contributed by atoms with Gasteiger partial charge in [0.2, 0.25) is 0 Å². The fraction of sp³-hybridized carbons (Fsp3) is 0.294. The average molecular weight is 360 g/mol. The first-order valence-corrected chi connectivity index (χ1v) is 8.64. The van der Waals surface area contributed by atoms with Gasteiger partial charge in [-0.15, -0.1) is 0 Å². The van der Waals surface area contributed by atoms with E-state index in [9.17, 15) is 4.79 Å². The van der Waals surface area contributed by atoms with Gasteiger partial charge in [-0.2, -0.15) is 5.10 Å². The molecule has 1 N–H and O–H groups in total. The van der Waals surface area contributed by atoms with E-state index in [1.165, 1.54) is 11.8 Å². The van der Waals surface area contributed by atoms with E-state index in [0.29, 0.717) is 23.1 Å². The molecule has 1 amide bonds. The molecule has 0 saturated heterocycles. The van der Waals surface area contributed by atoms with Crippen molar-refractivity contribution < 1.29 is 14.3 Å². The summed E-state index contributed by atoms with van der Waals surface area (Å²) in [5.41, 5.74) is 4.18. The molecule has 1 aromatic carbocycles. The lowest BCUT2D eigenvalue weighted by molar-refractivity contribution is -0.118. The lowest BCUT2D eigenvalue weighted by atomic mass is 10.1. The zero-order valence-corrected chi connectivity index (χ0v) is 15.2. The zero-order valence-electron chi connectivity index (χ0n) is 14.4. The van der Waals surface area contributed by atoms with Crippen LogP contribution in [0.2, 0.25) is 0 Å². The summed E-state index contributed by atoms with van der Waals surface area (Å²) < 4.78 is 10.5. The number of hydrazone groups is 1. The molecule has 7 nitrogen and oxygen atoms in total. The maximum Gasteiger partial charge on any atom is 0.250 e. The van der Waals surface area contributed by atoms with Gasteiger partial charge in [0.15, 0.2) is 16.7 Å². The molecule has 8 heteroatoms. The van der Waals surface area contributed by atoms with E-state index in [1.54, 1.807) is 32.7 Å². The lowest BCUT2D eigenvalue weighted by Crippen LogP contribution is -2.22. The van der Waals surface area contributed by atoms with Crippen molar-refractivity contribution in [3.63, 3.8) is 0 Å². The Morgan fingerprint density at radius 1 is 1.20 bits per heavy atom. The maximum atomic E-state index is 12.0. The van der Waals surface area contributed by atoms with Crippen molar-refractivity contribution in [2.45, 2.75) is 18.5 Å². The molecule has 0 saturated carbocycles. The molecule has 1 heterocycles. The number of hydrogen-bond donors (Lipinski definition) is 1. The van der Waals surface area contributed by atoms with Gasteiger partial charge in [0.25, 0.3) is 5.91 Å². The SMILES string of the molecule is CCC(=NNC(=O)CSc1ncccn1)c1ccc(OC)c(OC)c1. The largest absolute Gasteiger partial charge is 0.493 e. The number of thioether (sulfide) groups is 1. The predicted molar refractivity (Wildman–Crippen MR) is 97.3 cm³/mol. The van der Waals surface area contributed by atoms with Crippen LogP contribution in [0, 0.1) is 0 Å². The summed E-state index contributed by atoms with van der Waals surface area (Å²) in [6.45, 7) is 1.97. The van der Waals surface area contributed by atoms with Crippen LogP contribution >= 0.6 is 11.8 Å². The third kappa shape index (κ3) is 5.46. The molecule has 0 aliphatic carbocycles. The number of amides is 1. The van der Waals surface area contributed by atoms with Gasteiger partial charge in [-0.25, -0.2) is 15.4 Å². The molecule has 25 heavy (non-hydrogen) atoms. The Balaban J connectivity index is 2.01. The van der Waals surface area contributed by atoms with Crippen molar-refractivity contribution in [3.8, 4) is 11.5 Å². The molecular weight excluding hydrogens is 340 g/mol. The van der Waals surface area contributed by atoms with Crippen molar-refractivity contribution >= 4 is 23.4 Å². The van der Waals surface area contributed by atoms with E-state index < -0.39 is 0 Å². The van der Waals surface area contributed by atoms with E-state index in [4.69, 9.17) is 9.47 Å². The Morgan fingerprint density at radius 2 is 1.92 bits per heavy atom. The summed E-state index contributed by atoms with van der Waals surface area (Å²) in [6, 6.07) is 7.25. The van der Waals surface area contributed by atoms with E-state index in [0.717, 1.165) is 11.3 Å². The number of carbonyl (C=O) groups is 1. The molecule has 0 radical (unpaired) electrons. The van der Waals surface area contributed by atoms with E-state index in [-0.39, 0.29) is 11.7 Å². The smallest absolute Gasteiger partial charge is 0.250 e. The third-order valence-electron chi connectivity index (χ3n) is 3.24. The Kier molecular flexibility index (Phi) is 7.21. The van der Waals surface area contributed by atoms with E-state index >= 15 is 0 Å². The zero-order chi connectivity index (χ0) is 18.1. The summed E-state index contributed by atoms with van der Waals surface area (Å²) >= 11 is 1.25.